The summed E-state index contributed by atoms with van der Waals surface area (Å²) in [6.45, 7) is 4.31. The van der Waals surface area contributed by atoms with Crippen LogP contribution in [0.4, 0.5) is 0 Å². The number of amides is 1. The Morgan fingerprint density at radius 1 is 1.08 bits per heavy atom. The van der Waals surface area contributed by atoms with E-state index in [0.717, 1.165) is 11.3 Å². The fourth-order valence-corrected chi connectivity index (χ4v) is 3.01. The van der Waals surface area contributed by atoms with Gasteiger partial charge in [0.1, 0.15) is 5.75 Å². The van der Waals surface area contributed by atoms with Gasteiger partial charge >= 0.3 is 0 Å². The van der Waals surface area contributed by atoms with Gasteiger partial charge in [-0.15, -0.1) is 0 Å². The molecular weight excluding hydrogens is 298 g/mol. The number of carbonyl (C=O) groups excluding carboxylic acids is 1. The molecule has 126 valence electrons. The van der Waals surface area contributed by atoms with Crippen molar-refractivity contribution in [2.75, 3.05) is 6.61 Å². The number of hydrogen-bond acceptors (Lipinski definition) is 2. The number of benzene rings is 2. The zero-order valence-electron chi connectivity index (χ0n) is 14.4. The van der Waals surface area contributed by atoms with Gasteiger partial charge in [0.25, 0.3) is 5.91 Å². The fourth-order valence-electron chi connectivity index (χ4n) is 3.01. The first-order valence-electron chi connectivity index (χ1n) is 8.71. The molecule has 0 bridgehead atoms. The highest BCUT2D eigenvalue weighted by atomic mass is 16.5. The molecule has 0 spiro atoms. The Bertz CT molecular complexity index is 677. The highest BCUT2D eigenvalue weighted by Crippen LogP contribution is 2.40. The van der Waals surface area contributed by atoms with Crippen LogP contribution in [0.3, 0.4) is 0 Å². The molecule has 0 aromatic heterocycles. The van der Waals surface area contributed by atoms with Crippen molar-refractivity contribution in [3.63, 3.8) is 0 Å². The second-order valence-corrected chi connectivity index (χ2v) is 6.77. The molecule has 1 N–H and O–H groups in total. The van der Waals surface area contributed by atoms with E-state index in [4.69, 9.17) is 4.74 Å². The standard InChI is InChI=1S/C21H25NO2/c1-15(2)18-10-6-7-11-19(18)24-14-20(23)22-21(17-12-13-17)16-8-4-3-5-9-16/h3-11,15,17,21H,12-14H2,1-2H3,(H,22,23). The van der Waals surface area contributed by atoms with E-state index in [1.54, 1.807) is 0 Å². The van der Waals surface area contributed by atoms with Crippen molar-refractivity contribution in [3.8, 4) is 5.75 Å². The maximum Gasteiger partial charge on any atom is 0.258 e. The molecule has 1 saturated carbocycles. The third kappa shape index (κ3) is 4.16. The van der Waals surface area contributed by atoms with Crippen LogP contribution in [0.5, 0.6) is 5.75 Å². The van der Waals surface area contributed by atoms with E-state index in [9.17, 15) is 4.79 Å². The van der Waals surface area contributed by atoms with E-state index in [2.05, 4.69) is 37.4 Å². The predicted octanol–water partition coefficient (Wildman–Crippen LogP) is 4.46. The van der Waals surface area contributed by atoms with Gasteiger partial charge in [-0.25, -0.2) is 0 Å². The van der Waals surface area contributed by atoms with Crippen LogP contribution < -0.4 is 10.1 Å². The van der Waals surface area contributed by atoms with E-state index in [1.807, 2.05) is 36.4 Å². The topological polar surface area (TPSA) is 38.3 Å². The van der Waals surface area contributed by atoms with Gasteiger partial charge in [0.15, 0.2) is 6.61 Å². The average molecular weight is 323 g/mol. The Morgan fingerprint density at radius 2 is 1.75 bits per heavy atom. The quantitative estimate of drug-likeness (QED) is 0.817. The van der Waals surface area contributed by atoms with Crippen molar-refractivity contribution < 1.29 is 9.53 Å². The van der Waals surface area contributed by atoms with Crippen LogP contribution in [0, 0.1) is 5.92 Å². The van der Waals surface area contributed by atoms with Gasteiger partial charge in [-0.05, 0) is 41.9 Å². The predicted molar refractivity (Wildman–Crippen MR) is 96.1 cm³/mol. The average Bonchev–Trinajstić information content (AvgIpc) is 3.43. The number of ether oxygens (including phenoxy) is 1. The molecule has 2 aromatic carbocycles. The smallest absolute Gasteiger partial charge is 0.258 e. The van der Waals surface area contributed by atoms with Gasteiger partial charge in [-0.2, -0.15) is 0 Å². The molecule has 0 aliphatic heterocycles. The fraction of sp³-hybridized carbons (Fsp3) is 0.381. The van der Waals surface area contributed by atoms with Crippen LogP contribution in [-0.4, -0.2) is 12.5 Å². The minimum absolute atomic E-state index is 0.0553. The third-order valence-electron chi connectivity index (χ3n) is 4.47. The Hall–Kier alpha value is -2.29. The van der Waals surface area contributed by atoms with Gasteiger partial charge in [0, 0.05) is 0 Å². The number of rotatable bonds is 7. The van der Waals surface area contributed by atoms with E-state index in [-0.39, 0.29) is 18.6 Å². The summed E-state index contributed by atoms with van der Waals surface area (Å²) in [6, 6.07) is 18.2. The zero-order valence-corrected chi connectivity index (χ0v) is 14.4. The van der Waals surface area contributed by atoms with Gasteiger partial charge < -0.3 is 10.1 Å². The van der Waals surface area contributed by atoms with Gasteiger partial charge in [-0.1, -0.05) is 62.4 Å². The summed E-state index contributed by atoms with van der Waals surface area (Å²) in [5.41, 5.74) is 2.31. The Kier molecular flexibility index (Phi) is 5.19. The lowest BCUT2D eigenvalue weighted by atomic mass is 10.0. The Balaban J connectivity index is 1.61. The molecule has 0 radical (unpaired) electrons. The first kappa shape index (κ1) is 16.6. The molecule has 1 fully saturated rings. The van der Waals surface area contributed by atoms with Crippen LogP contribution >= 0.6 is 0 Å². The summed E-state index contributed by atoms with van der Waals surface area (Å²) < 4.78 is 5.79. The first-order chi connectivity index (χ1) is 11.6. The molecular formula is C21H25NO2. The lowest BCUT2D eigenvalue weighted by Gasteiger charge is -2.19. The molecule has 0 heterocycles. The van der Waals surface area contributed by atoms with Crippen LogP contribution in [0.2, 0.25) is 0 Å². The molecule has 2 aromatic rings. The van der Waals surface area contributed by atoms with Crippen LogP contribution in [0.25, 0.3) is 0 Å². The summed E-state index contributed by atoms with van der Waals surface area (Å²) in [7, 11) is 0. The molecule has 3 nitrogen and oxygen atoms in total. The largest absolute Gasteiger partial charge is 0.483 e. The maximum absolute atomic E-state index is 12.4. The second-order valence-electron chi connectivity index (χ2n) is 6.77. The van der Waals surface area contributed by atoms with Crippen LogP contribution in [0.15, 0.2) is 54.6 Å². The summed E-state index contributed by atoms with van der Waals surface area (Å²) in [5.74, 6) is 1.66. The van der Waals surface area contributed by atoms with E-state index >= 15 is 0 Å². The molecule has 1 unspecified atom stereocenters. The van der Waals surface area contributed by atoms with Crippen molar-refractivity contribution >= 4 is 5.91 Å². The SMILES string of the molecule is CC(C)c1ccccc1OCC(=O)NC(c1ccccc1)C1CC1. The lowest BCUT2D eigenvalue weighted by molar-refractivity contribution is -0.124. The number of hydrogen-bond donors (Lipinski definition) is 1. The van der Waals surface area contributed by atoms with Gasteiger partial charge in [0.2, 0.25) is 0 Å². The highest BCUT2D eigenvalue weighted by molar-refractivity contribution is 5.78. The van der Waals surface area contributed by atoms with Gasteiger partial charge in [-0.3, -0.25) is 4.79 Å². The minimum atomic E-state index is -0.0608. The van der Waals surface area contributed by atoms with Crippen molar-refractivity contribution in [2.45, 2.75) is 38.6 Å². The lowest BCUT2D eigenvalue weighted by Crippen LogP contribution is -2.33. The third-order valence-corrected chi connectivity index (χ3v) is 4.47. The van der Waals surface area contributed by atoms with Crippen molar-refractivity contribution in [1.82, 2.24) is 5.32 Å². The van der Waals surface area contributed by atoms with Crippen LogP contribution in [0.1, 0.15) is 49.8 Å². The number of para-hydroxylation sites is 1. The summed E-state index contributed by atoms with van der Waals surface area (Å²) in [5, 5.41) is 3.15. The van der Waals surface area contributed by atoms with Crippen LogP contribution in [-0.2, 0) is 4.79 Å². The Labute approximate surface area is 144 Å². The zero-order chi connectivity index (χ0) is 16.9. The van der Waals surface area contributed by atoms with Crippen molar-refractivity contribution in [2.24, 2.45) is 5.92 Å². The Morgan fingerprint density at radius 3 is 2.42 bits per heavy atom. The summed E-state index contributed by atoms with van der Waals surface area (Å²) in [6.07, 6.45) is 2.35. The summed E-state index contributed by atoms with van der Waals surface area (Å²) in [4.78, 5) is 12.4. The molecule has 1 aliphatic carbocycles. The van der Waals surface area contributed by atoms with Crippen molar-refractivity contribution in [3.05, 3.63) is 65.7 Å². The second kappa shape index (κ2) is 7.52. The number of carbonyl (C=O) groups is 1. The summed E-state index contributed by atoms with van der Waals surface area (Å²) >= 11 is 0. The molecule has 1 amide bonds. The van der Waals surface area contributed by atoms with Crippen molar-refractivity contribution in [1.29, 1.82) is 0 Å². The molecule has 24 heavy (non-hydrogen) atoms. The molecule has 1 aliphatic rings. The highest BCUT2D eigenvalue weighted by Gasteiger charge is 2.33. The minimum Gasteiger partial charge on any atom is -0.483 e. The molecule has 0 saturated heterocycles. The maximum atomic E-state index is 12.4. The van der Waals surface area contributed by atoms with E-state index in [0.29, 0.717) is 11.8 Å². The monoisotopic (exact) mass is 323 g/mol. The molecule has 3 heteroatoms. The molecule has 3 rings (SSSR count). The van der Waals surface area contributed by atoms with E-state index in [1.165, 1.54) is 18.4 Å². The van der Waals surface area contributed by atoms with E-state index < -0.39 is 0 Å². The normalized spacial score (nSPS) is 15.1. The van der Waals surface area contributed by atoms with Gasteiger partial charge in [0.05, 0.1) is 6.04 Å². The molecule has 1 atom stereocenters. The number of nitrogens with one attached hydrogen (secondary N) is 1. The first-order valence-corrected chi connectivity index (χ1v) is 8.71.